The Labute approximate surface area is 148 Å². The molecular weight excluding hydrogens is 328 g/mol. The molecule has 1 saturated heterocycles. The molecule has 0 bridgehead atoms. The van der Waals surface area contributed by atoms with Gasteiger partial charge in [0.25, 0.3) is 0 Å². The number of carbonyl (C=O) groups excluding carboxylic acids is 1. The van der Waals surface area contributed by atoms with Gasteiger partial charge < -0.3 is 19.7 Å². The highest BCUT2D eigenvalue weighted by Crippen LogP contribution is 2.37. The van der Waals surface area contributed by atoms with Gasteiger partial charge in [-0.25, -0.2) is 4.79 Å². The molecule has 2 fully saturated rings. The number of ether oxygens (including phenoxy) is 2. The van der Waals surface area contributed by atoms with E-state index in [2.05, 4.69) is 5.32 Å². The van der Waals surface area contributed by atoms with Crippen molar-refractivity contribution in [1.82, 2.24) is 4.90 Å². The van der Waals surface area contributed by atoms with Gasteiger partial charge >= 0.3 is 6.03 Å². The van der Waals surface area contributed by atoms with E-state index in [9.17, 15) is 4.79 Å². The largest absolute Gasteiger partial charge is 0.487 e. The highest BCUT2D eigenvalue weighted by Gasteiger charge is 2.38. The monoisotopic (exact) mass is 352 g/mol. The number of carbonyl (C=O) groups is 1. The number of anilines is 1. The normalized spacial score (nSPS) is 23.0. The van der Waals surface area contributed by atoms with Crippen molar-refractivity contribution < 1.29 is 14.3 Å². The molecule has 24 heavy (non-hydrogen) atoms. The predicted octanol–water partition coefficient (Wildman–Crippen LogP) is 4.16. The first-order valence-corrected chi connectivity index (χ1v) is 9.06. The van der Waals surface area contributed by atoms with Crippen molar-refractivity contribution in [3.63, 3.8) is 0 Å². The lowest BCUT2D eigenvalue weighted by molar-refractivity contribution is 0.146. The zero-order valence-corrected chi connectivity index (χ0v) is 14.8. The smallest absolute Gasteiger partial charge is 0.322 e. The maximum atomic E-state index is 12.8. The van der Waals surface area contributed by atoms with Crippen molar-refractivity contribution in [1.29, 1.82) is 0 Å². The molecule has 2 atom stereocenters. The summed E-state index contributed by atoms with van der Waals surface area (Å²) < 4.78 is 10.7. The number of rotatable bonds is 5. The molecule has 1 aromatic carbocycles. The summed E-state index contributed by atoms with van der Waals surface area (Å²) in [4.78, 5) is 14.7. The lowest BCUT2D eigenvalue weighted by Gasteiger charge is -2.31. The van der Waals surface area contributed by atoms with Crippen LogP contribution in [0.15, 0.2) is 18.2 Å². The van der Waals surface area contributed by atoms with Crippen LogP contribution in [0.5, 0.6) is 5.75 Å². The molecule has 1 heterocycles. The number of halogens is 1. The maximum Gasteiger partial charge on any atom is 0.322 e. The summed E-state index contributed by atoms with van der Waals surface area (Å²) in [5.41, 5.74) is 0.614. The van der Waals surface area contributed by atoms with Crippen LogP contribution in [-0.4, -0.2) is 43.8 Å². The van der Waals surface area contributed by atoms with Crippen LogP contribution >= 0.6 is 11.6 Å². The molecule has 0 aromatic heterocycles. The van der Waals surface area contributed by atoms with Crippen LogP contribution in [0.25, 0.3) is 0 Å². The number of fused-ring (bicyclic) bond motifs is 1. The van der Waals surface area contributed by atoms with E-state index in [1.165, 1.54) is 19.3 Å². The van der Waals surface area contributed by atoms with Crippen LogP contribution in [0.4, 0.5) is 10.5 Å². The summed E-state index contributed by atoms with van der Waals surface area (Å²) in [6.45, 7) is 1.69. The van der Waals surface area contributed by atoms with Gasteiger partial charge in [-0.2, -0.15) is 0 Å². The van der Waals surface area contributed by atoms with Crippen LogP contribution in [0.1, 0.15) is 32.1 Å². The van der Waals surface area contributed by atoms with Gasteiger partial charge in [-0.3, -0.25) is 0 Å². The van der Waals surface area contributed by atoms with Crippen molar-refractivity contribution in [3.05, 3.63) is 23.2 Å². The van der Waals surface area contributed by atoms with Crippen LogP contribution < -0.4 is 10.1 Å². The average Bonchev–Trinajstić information content (AvgIpc) is 3.01. The Morgan fingerprint density at radius 2 is 2.12 bits per heavy atom. The predicted molar refractivity (Wildman–Crippen MR) is 94.9 cm³/mol. The Kier molecular flexibility index (Phi) is 5.85. The highest BCUT2D eigenvalue weighted by atomic mass is 35.5. The quantitative estimate of drug-likeness (QED) is 0.809. The zero-order chi connectivity index (χ0) is 16.9. The van der Waals surface area contributed by atoms with E-state index in [0.717, 1.165) is 19.4 Å². The van der Waals surface area contributed by atoms with Gasteiger partial charge in [0, 0.05) is 19.7 Å². The molecular formula is C18H25ClN2O3. The van der Waals surface area contributed by atoms with Crippen molar-refractivity contribution in [2.75, 3.05) is 32.2 Å². The van der Waals surface area contributed by atoms with Gasteiger partial charge in [-0.15, -0.1) is 0 Å². The average molecular weight is 353 g/mol. The Morgan fingerprint density at radius 3 is 2.96 bits per heavy atom. The fourth-order valence-corrected chi connectivity index (χ4v) is 4.06. The Hall–Kier alpha value is -1.46. The van der Waals surface area contributed by atoms with Gasteiger partial charge in [-0.05, 0) is 37.3 Å². The Balaban J connectivity index is 1.69. The minimum atomic E-state index is -0.0525. The summed E-state index contributed by atoms with van der Waals surface area (Å²) in [6, 6.07) is 5.72. The molecule has 0 spiro atoms. The molecule has 6 heteroatoms. The van der Waals surface area contributed by atoms with Gasteiger partial charge in [-0.1, -0.05) is 30.5 Å². The Morgan fingerprint density at radius 1 is 1.29 bits per heavy atom. The first-order valence-electron chi connectivity index (χ1n) is 8.68. The Bertz CT molecular complexity index is 581. The summed E-state index contributed by atoms with van der Waals surface area (Å²) in [5.74, 6) is 1.17. The second-order valence-electron chi connectivity index (χ2n) is 6.48. The van der Waals surface area contributed by atoms with Gasteiger partial charge in [0.1, 0.15) is 6.61 Å². The molecule has 132 valence electrons. The van der Waals surface area contributed by atoms with Gasteiger partial charge in [0.05, 0.1) is 17.3 Å². The summed E-state index contributed by atoms with van der Waals surface area (Å²) in [6.07, 6.45) is 5.99. The maximum absolute atomic E-state index is 12.8. The number of para-hydroxylation sites is 1. The fraction of sp³-hybridized carbons (Fsp3) is 0.611. The summed E-state index contributed by atoms with van der Waals surface area (Å²) in [7, 11) is 1.62. The highest BCUT2D eigenvalue weighted by molar-refractivity contribution is 6.32. The third-order valence-electron chi connectivity index (χ3n) is 5.01. The van der Waals surface area contributed by atoms with Gasteiger partial charge in [0.15, 0.2) is 5.75 Å². The number of likely N-dealkylation sites (tertiary alicyclic amines) is 1. The molecule has 5 nitrogen and oxygen atoms in total. The van der Waals surface area contributed by atoms with Gasteiger partial charge in [0.2, 0.25) is 0 Å². The van der Waals surface area contributed by atoms with Crippen LogP contribution in [-0.2, 0) is 4.74 Å². The van der Waals surface area contributed by atoms with Crippen LogP contribution in [0, 0.1) is 5.92 Å². The fourth-order valence-electron chi connectivity index (χ4n) is 3.83. The third-order valence-corrected chi connectivity index (χ3v) is 5.31. The van der Waals surface area contributed by atoms with Crippen molar-refractivity contribution in [2.45, 2.75) is 38.1 Å². The molecule has 3 rings (SSSR count). The van der Waals surface area contributed by atoms with E-state index >= 15 is 0 Å². The van der Waals surface area contributed by atoms with E-state index in [0.29, 0.717) is 41.6 Å². The molecule has 1 saturated carbocycles. The lowest BCUT2D eigenvalue weighted by Crippen LogP contribution is -2.41. The number of hydrogen-bond donors (Lipinski definition) is 1. The zero-order valence-electron chi connectivity index (χ0n) is 14.1. The number of amides is 2. The summed E-state index contributed by atoms with van der Waals surface area (Å²) >= 11 is 6.23. The number of hydrogen-bond acceptors (Lipinski definition) is 3. The van der Waals surface area contributed by atoms with E-state index in [4.69, 9.17) is 21.1 Å². The summed E-state index contributed by atoms with van der Waals surface area (Å²) in [5, 5.41) is 3.48. The van der Waals surface area contributed by atoms with Crippen molar-refractivity contribution in [2.24, 2.45) is 5.92 Å². The first kappa shape index (κ1) is 17.4. The number of benzene rings is 1. The molecule has 2 amide bonds. The second-order valence-corrected chi connectivity index (χ2v) is 6.89. The van der Waals surface area contributed by atoms with Crippen molar-refractivity contribution >= 4 is 23.3 Å². The number of nitrogens with one attached hydrogen (secondary N) is 1. The van der Waals surface area contributed by atoms with E-state index in [1.807, 2.05) is 17.0 Å². The van der Waals surface area contributed by atoms with Crippen molar-refractivity contribution in [3.8, 4) is 5.75 Å². The standard InChI is InChI=1S/C18H25ClN2O3/c1-23-11-12-24-17-14(19)6-4-7-15(17)20-18(22)21-10-9-13-5-2-3-8-16(13)21/h4,6-7,13,16H,2-3,5,8-12H2,1H3,(H,20,22)/t13-,16-/m1/s1. The molecule has 0 radical (unpaired) electrons. The van der Waals surface area contributed by atoms with Crippen LogP contribution in [0.3, 0.4) is 0 Å². The van der Waals surface area contributed by atoms with Crippen LogP contribution in [0.2, 0.25) is 5.02 Å². The number of urea groups is 1. The minimum absolute atomic E-state index is 0.0525. The second kappa shape index (κ2) is 8.08. The minimum Gasteiger partial charge on any atom is -0.487 e. The molecule has 1 N–H and O–H groups in total. The molecule has 0 unspecified atom stereocenters. The molecule has 1 aliphatic heterocycles. The van der Waals surface area contributed by atoms with E-state index in [1.54, 1.807) is 13.2 Å². The SMILES string of the molecule is COCCOc1c(Cl)cccc1NC(=O)N1CC[C@H]2CCCC[C@H]21. The third kappa shape index (κ3) is 3.78. The molecule has 2 aliphatic rings. The molecule has 1 aromatic rings. The van der Waals surface area contributed by atoms with E-state index < -0.39 is 0 Å². The van der Waals surface area contributed by atoms with E-state index in [-0.39, 0.29) is 6.03 Å². The number of methoxy groups -OCH3 is 1. The lowest BCUT2D eigenvalue weighted by atomic mass is 9.85. The first-order chi connectivity index (χ1) is 11.7. The molecule has 1 aliphatic carbocycles. The topological polar surface area (TPSA) is 50.8 Å². The number of nitrogens with zero attached hydrogens (tertiary/aromatic N) is 1.